The molecule has 0 amide bonds. The average molecular weight is 334 g/mol. The Morgan fingerprint density at radius 2 is 1.88 bits per heavy atom. The average Bonchev–Trinajstić information content (AvgIpc) is 2.16. The number of nitrogens with zero attached hydrogens (tertiary/aromatic N) is 3. The Balaban J connectivity index is 2.41. The molecule has 1 rings (SSSR count). The third-order valence-electron chi connectivity index (χ3n) is 2.05. The highest BCUT2D eigenvalue weighted by molar-refractivity contribution is 14.1. The van der Waals surface area contributed by atoms with Crippen LogP contribution in [0.2, 0.25) is 0 Å². The van der Waals surface area contributed by atoms with Gasteiger partial charge >= 0.3 is 0 Å². The minimum atomic E-state index is 0.160. The maximum atomic E-state index is 4.27. The van der Waals surface area contributed by atoms with Gasteiger partial charge in [0.1, 0.15) is 0 Å². The van der Waals surface area contributed by atoms with E-state index in [1.165, 1.54) is 0 Å². The molecule has 90 valence electrons. The summed E-state index contributed by atoms with van der Waals surface area (Å²) in [6.07, 6.45) is 3.66. The van der Waals surface area contributed by atoms with Crippen LogP contribution in [0, 0.1) is 3.57 Å². The van der Waals surface area contributed by atoms with E-state index in [0.29, 0.717) is 0 Å². The molecule has 0 aliphatic carbocycles. The molecule has 16 heavy (non-hydrogen) atoms. The van der Waals surface area contributed by atoms with Crippen LogP contribution in [0.15, 0.2) is 12.4 Å². The van der Waals surface area contributed by atoms with E-state index < -0.39 is 0 Å². The van der Waals surface area contributed by atoms with Crippen molar-refractivity contribution in [3.05, 3.63) is 16.0 Å². The van der Waals surface area contributed by atoms with Gasteiger partial charge in [0.2, 0.25) is 5.95 Å². The number of aromatic nitrogens is 2. The van der Waals surface area contributed by atoms with Crippen molar-refractivity contribution in [1.82, 2.24) is 15.3 Å². The van der Waals surface area contributed by atoms with Gasteiger partial charge in [0.15, 0.2) is 0 Å². The number of rotatable bonds is 4. The molecule has 0 bridgehead atoms. The SMILES string of the molecule is CN(CCNC(C)(C)C)c1ncc(I)cn1. The van der Waals surface area contributed by atoms with Crippen molar-refractivity contribution < 1.29 is 0 Å². The van der Waals surface area contributed by atoms with Crippen molar-refractivity contribution in [2.24, 2.45) is 0 Å². The number of likely N-dealkylation sites (N-methyl/N-ethyl adjacent to an activating group) is 1. The van der Waals surface area contributed by atoms with Gasteiger partial charge in [-0.25, -0.2) is 9.97 Å². The summed E-state index contributed by atoms with van der Waals surface area (Å²) < 4.78 is 1.06. The van der Waals surface area contributed by atoms with Gasteiger partial charge < -0.3 is 10.2 Å². The van der Waals surface area contributed by atoms with Crippen LogP contribution in [0.5, 0.6) is 0 Å². The first kappa shape index (κ1) is 13.6. The molecule has 0 radical (unpaired) electrons. The summed E-state index contributed by atoms with van der Waals surface area (Å²) in [5, 5.41) is 3.44. The van der Waals surface area contributed by atoms with Crippen LogP contribution in [0.4, 0.5) is 5.95 Å². The highest BCUT2D eigenvalue weighted by Crippen LogP contribution is 2.06. The van der Waals surface area contributed by atoms with Gasteiger partial charge in [0, 0.05) is 41.6 Å². The molecule has 1 aromatic heterocycles. The summed E-state index contributed by atoms with van der Waals surface area (Å²) in [6, 6.07) is 0. The van der Waals surface area contributed by atoms with Gasteiger partial charge in [-0.1, -0.05) is 0 Å². The number of hydrogen-bond donors (Lipinski definition) is 1. The Hall–Kier alpha value is -0.430. The molecule has 5 heteroatoms. The fraction of sp³-hybridized carbons (Fsp3) is 0.636. The third kappa shape index (κ3) is 5.07. The molecule has 0 aliphatic heterocycles. The molecule has 1 N–H and O–H groups in total. The van der Waals surface area contributed by atoms with E-state index in [2.05, 4.69) is 63.5 Å². The van der Waals surface area contributed by atoms with Crippen molar-refractivity contribution in [3.8, 4) is 0 Å². The lowest BCUT2D eigenvalue weighted by atomic mass is 10.1. The van der Waals surface area contributed by atoms with Crippen LogP contribution >= 0.6 is 22.6 Å². The van der Waals surface area contributed by atoms with Gasteiger partial charge in [-0.15, -0.1) is 0 Å². The minimum Gasteiger partial charge on any atom is -0.343 e. The Labute approximate surface area is 111 Å². The normalized spacial score (nSPS) is 11.6. The standard InChI is InChI=1S/C11H19IN4/c1-11(2,3)15-5-6-16(4)10-13-7-9(12)8-14-10/h7-8,15H,5-6H2,1-4H3. The summed E-state index contributed by atoms with van der Waals surface area (Å²) in [4.78, 5) is 10.6. The molecule has 0 saturated heterocycles. The fourth-order valence-electron chi connectivity index (χ4n) is 1.20. The zero-order valence-corrected chi connectivity index (χ0v) is 12.4. The Morgan fingerprint density at radius 3 is 2.38 bits per heavy atom. The molecule has 1 aromatic rings. The topological polar surface area (TPSA) is 41.0 Å². The van der Waals surface area contributed by atoms with E-state index in [9.17, 15) is 0 Å². The highest BCUT2D eigenvalue weighted by Gasteiger charge is 2.09. The third-order valence-corrected chi connectivity index (χ3v) is 2.61. The second kappa shape index (κ2) is 5.77. The molecule has 0 aliphatic rings. The highest BCUT2D eigenvalue weighted by atomic mass is 127. The van der Waals surface area contributed by atoms with E-state index in [1.54, 1.807) is 0 Å². The van der Waals surface area contributed by atoms with Crippen LogP contribution in [0.3, 0.4) is 0 Å². The molecule has 0 unspecified atom stereocenters. The summed E-state index contributed by atoms with van der Waals surface area (Å²) >= 11 is 2.20. The number of hydrogen-bond acceptors (Lipinski definition) is 4. The van der Waals surface area contributed by atoms with E-state index in [4.69, 9.17) is 0 Å². The second-order valence-corrected chi connectivity index (χ2v) is 6.05. The lowest BCUT2D eigenvalue weighted by molar-refractivity contribution is 0.430. The lowest BCUT2D eigenvalue weighted by Gasteiger charge is -2.23. The van der Waals surface area contributed by atoms with E-state index in [-0.39, 0.29) is 5.54 Å². The van der Waals surface area contributed by atoms with Crippen LogP contribution in [0.1, 0.15) is 20.8 Å². The van der Waals surface area contributed by atoms with Gasteiger partial charge in [-0.05, 0) is 43.4 Å². The summed E-state index contributed by atoms with van der Waals surface area (Å²) in [5.74, 6) is 0.774. The summed E-state index contributed by atoms with van der Waals surface area (Å²) in [6.45, 7) is 8.31. The van der Waals surface area contributed by atoms with Crippen LogP contribution in [0.25, 0.3) is 0 Å². The molecule has 0 atom stereocenters. The maximum absolute atomic E-state index is 4.27. The molecule has 1 heterocycles. The van der Waals surface area contributed by atoms with E-state index in [1.807, 2.05) is 19.4 Å². The largest absolute Gasteiger partial charge is 0.343 e. The molecule has 0 spiro atoms. The lowest BCUT2D eigenvalue weighted by Crippen LogP contribution is -2.40. The Bertz CT molecular complexity index is 318. The summed E-state index contributed by atoms with van der Waals surface area (Å²) in [5.41, 5.74) is 0.160. The van der Waals surface area contributed by atoms with Crippen molar-refractivity contribution in [2.45, 2.75) is 26.3 Å². The van der Waals surface area contributed by atoms with Gasteiger partial charge in [0.05, 0.1) is 0 Å². The van der Waals surface area contributed by atoms with Crippen molar-refractivity contribution >= 4 is 28.5 Å². The second-order valence-electron chi connectivity index (χ2n) is 4.80. The predicted molar refractivity (Wildman–Crippen MR) is 75.8 cm³/mol. The van der Waals surface area contributed by atoms with Crippen molar-refractivity contribution in [1.29, 1.82) is 0 Å². The predicted octanol–water partition coefficient (Wildman–Crippen LogP) is 1.91. The minimum absolute atomic E-state index is 0.160. The number of anilines is 1. The van der Waals surface area contributed by atoms with Gasteiger partial charge in [-0.2, -0.15) is 0 Å². The molecule has 4 nitrogen and oxygen atoms in total. The molecule has 0 saturated carbocycles. The van der Waals surface area contributed by atoms with Crippen molar-refractivity contribution in [3.63, 3.8) is 0 Å². The molecule has 0 aromatic carbocycles. The maximum Gasteiger partial charge on any atom is 0.225 e. The first-order chi connectivity index (χ1) is 7.38. The first-order valence-electron chi connectivity index (χ1n) is 5.32. The van der Waals surface area contributed by atoms with Gasteiger partial charge in [0.25, 0.3) is 0 Å². The Kier molecular flexibility index (Phi) is 4.91. The quantitative estimate of drug-likeness (QED) is 0.854. The van der Waals surface area contributed by atoms with Gasteiger partial charge in [-0.3, -0.25) is 0 Å². The smallest absolute Gasteiger partial charge is 0.225 e. The van der Waals surface area contributed by atoms with E-state index >= 15 is 0 Å². The Morgan fingerprint density at radius 1 is 1.31 bits per heavy atom. The van der Waals surface area contributed by atoms with Crippen LogP contribution < -0.4 is 10.2 Å². The summed E-state index contributed by atoms with van der Waals surface area (Å²) in [7, 11) is 2.01. The first-order valence-corrected chi connectivity index (χ1v) is 6.40. The van der Waals surface area contributed by atoms with E-state index in [0.717, 1.165) is 22.6 Å². The number of halogens is 1. The number of nitrogens with one attached hydrogen (secondary N) is 1. The molecular formula is C11H19IN4. The fourth-order valence-corrected chi connectivity index (χ4v) is 1.48. The monoisotopic (exact) mass is 334 g/mol. The molecule has 0 fully saturated rings. The van der Waals surface area contributed by atoms with Crippen LogP contribution in [-0.2, 0) is 0 Å². The van der Waals surface area contributed by atoms with Crippen LogP contribution in [-0.4, -0.2) is 35.6 Å². The zero-order chi connectivity index (χ0) is 12.2. The molecular weight excluding hydrogens is 315 g/mol. The zero-order valence-electron chi connectivity index (χ0n) is 10.3. The van der Waals surface area contributed by atoms with Crippen molar-refractivity contribution in [2.75, 3.05) is 25.0 Å².